The van der Waals surface area contributed by atoms with Crippen LogP contribution in [0.5, 0.6) is 5.75 Å². The van der Waals surface area contributed by atoms with E-state index in [0.717, 1.165) is 0 Å². The van der Waals surface area contributed by atoms with Crippen molar-refractivity contribution in [2.24, 2.45) is 0 Å². The van der Waals surface area contributed by atoms with Gasteiger partial charge in [-0.25, -0.2) is 4.79 Å². The maximum Gasteiger partial charge on any atom is 0.513 e. The SMILES string of the molecule is CC(C)(C)[Si](C)(C)OCCOCCOCCOCCOC(=O)Oc1ccc([N+](=O)[O-])cc1. The van der Waals surface area contributed by atoms with E-state index in [9.17, 15) is 14.9 Å². The number of rotatable bonds is 15. The highest BCUT2D eigenvalue weighted by Crippen LogP contribution is 2.36. The summed E-state index contributed by atoms with van der Waals surface area (Å²) in [4.78, 5) is 21.6. The summed E-state index contributed by atoms with van der Waals surface area (Å²) >= 11 is 0. The molecule has 1 aromatic carbocycles. The Kier molecular flexibility index (Phi) is 12.4. The highest BCUT2D eigenvalue weighted by molar-refractivity contribution is 6.74. The first kappa shape index (κ1) is 28.0. The van der Waals surface area contributed by atoms with Gasteiger partial charge in [0.15, 0.2) is 8.32 Å². The van der Waals surface area contributed by atoms with Gasteiger partial charge in [-0.1, -0.05) is 20.8 Å². The predicted molar refractivity (Wildman–Crippen MR) is 121 cm³/mol. The van der Waals surface area contributed by atoms with Gasteiger partial charge in [-0.15, -0.1) is 0 Å². The summed E-state index contributed by atoms with van der Waals surface area (Å²) in [5.74, 6) is 0.156. The van der Waals surface area contributed by atoms with Crippen molar-refractivity contribution in [3.63, 3.8) is 0 Å². The van der Waals surface area contributed by atoms with Crippen LogP contribution in [0.2, 0.25) is 18.1 Å². The lowest BCUT2D eigenvalue weighted by atomic mass is 10.2. The van der Waals surface area contributed by atoms with Crippen molar-refractivity contribution < 1.29 is 37.8 Å². The molecule has 0 atom stereocenters. The van der Waals surface area contributed by atoms with Crippen molar-refractivity contribution in [1.29, 1.82) is 0 Å². The Hall–Kier alpha value is -2.05. The highest BCUT2D eigenvalue weighted by atomic mass is 28.4. The lowest BCUT2D eigenvalue weighted by Gasteiger charge is -2.36. The maximum atomic E-state index is 11.5. The summed E-state index contributed by atoms with van der Waals surface area (Å²) in [5, 5.41) is 10.8. The number of carbonyl (C=O) groups is 1. The standard InChI is InChI=1S/C21H35NO9Si/c1-21(2,3)32(4,5)30-17-15-28-13-11-26-10-12-27-14-16-29-20(23)31-19-8-6-18(7-9-19)22(24)25/h6-9H,10-17H2,1-5H3. The molecule has 0 unspecified atom stereocenters. The topological polar surface area (TPSA) is 116 Å². The first-order chi connectivity index (χ1) is 15.0. The van der Waals surface area contributed by atoms with Crippen LogP contribution >= 0.6 is 0 Å². The van der Waals surface area contributed by atoms with Crippen molar-refractivity contribution in [2.45, 2.75) is 38.9 Å². The van der Waals surface area contributed by atoms with E-state index in [1.54, 1.807) is 0 Å². The van der Waals surface area contributed by atoms with Crippen molar-refractivity contribution in [3.8, 4) is 5.75 Å². The zero-order valence-corrected chi connectivity index (χ0v) is 20.6. The third kappa shape index (κ3) is 11.5. The normalized spacial score (nSPS) is 11.9. The summed E-state index contributed by atoms with van der Waals surface area (Å²) < 4.78 is 32.0. The first-order valence-electron chi connectivity index (χ1n) is 10.5. The quantitative estimate of drug-likeness (QED) is 0.0923. The molecule has 1 aromatic rings. The highest BCUT2D eigenvalue weighted by Gasteiger charge is 2.36. The van der Waals surface area contributed by atoms with Crippen LogP contribution in [-0.4, -0.2) is 72.3 Å². The minimum Gasteiger partial charge on any atom is -0.432 e. The van der Waals surface area contributed by atoms with Gasteiger partial charge in [0.05, 0.1) is 51.2 Å². The molecule has 0 saturated carbocycles. The van der Waals surface area contributed by atoms with Gasteiger partial charge >= 0.3 is 6.16 Å². The molecule has 0 aromatic heterocycles. The average Bonchev–Trinajstić information content (AvgIpc) is 2.71. The van der Waals surface area contributed by atoms with Crippen LogP contribution in [0.25, 0.3) is 0 Å². The molecule has 0 N–H and O–H groups in total. The Morgan fingerprint density at radius 2 is 1.34 bits per heavy atom. The Bertz CT molecular complexity index is 690. The number of nitro groups is 1. The fourth-order valence-corrected chi connectivity index (χ4v) is 3.09. The summed E-state index contributed by atoms with van der Waals surface area (Å²) in [6.45, 7) is 14.1. The molecular formula is C21H35NO9Si. The van der Waals surface area contributed by atoms with E-state index in [1.807, 2.05) is 0 Å². The van der Waals surface area contributed by atoms with Gasteiger partial charge in [0.1, 0.15) is 12.4 Å². The molecule has 0 bridgehead atoms. The molecule has 1 rings (SSSR count). The van der Waals surface area contributed by atoms with Crippen molar-refractivity contribution in [1.82, 2.24) is 0 Å². The van der Waals surface area contributed by atoms with Crippen molar-refractivity contribution >= 4 is 20.2 Å². The van der Waals surface area contributed by atoms with Crippen molar-refractivity contribution in [3.05, 3.63) is 34.4 Å². The van der Waals surface area contributed by atoms with E-state index in [1.165, 1.54) is 24.3 Å². The minimum absolute atomic E-state index is 0.0170. The number of hydrogen-bond donors (Lipinski definition) is 0. The molecule has 0 amide bonds. The van der Waals surface area contributed by atoms with Gasteiger partial charge in [0, 0.05) is 12.1 Å². The lowest BCUT2D eigenvalue weighted by molar-refractivity contribution is -0.384. The fraction of sp³-hybridized carbons (Fsp3) is 0.667. The van der Waals surface area contributed by atoms with Gasteiger partial charge in [0.2, 0.25) is 0 Å². The van der Waals surface area contributed by atoms with Crippen LogP contribution in [0.4, 0.5) is 10.5 Å². The number of non-ortho nitro benzene ring substituents is 1. The molecule has 0 radical (unpaired) electrons. The number of nitro benzene ring substituents is 1. The Morgan fingerprint density at radius 1 is 0.875 bits per heavy atom. The first-order valence-corrected chi connectivity index (χ1v) is 13.4. The maximum absolute atomic E-state index is 11.5. The molecule has 32 heavy (non-hydrogen) atoms. The molecular weight excluding hydrogens is 438 g/mol. The molecule has 10 nitrogen and oxygen atoms in total. The summed E-state index contributed by atoms with van der Waals surface area (Å²) in [7, 11) is -1.72. The van der Waals surface area contributed by atoms with E-state index < -0.39 is 19.4 Å². The van der Waals surface area contributed by atoms with Crippen LogP contribution < -0.4 is 4.74 Å². The largest absolute Gasteiger partial charge is 0.513 e. The zero-order chi connectivity index (χ0) is 24.0. The van der Waals surface area contributed by atoms with Gasteiger partial charge in [-0.05, 0) is 30.3 Å². The van der Waals surface area contributed by atoms with Crippen LogP contribution in [-0.2, 0) is 23.4 Å². The second kappa shape index (κ2) is 14.2. The van der Waals surface area contributed by atoms with Crippen LogP contribution in [0.1, 0.15) is 20.8 Å². The predicted octanol–water partition coefficient (Wildman–Crippen LogP) is 4.18. The van der Waals surface area contributed by atoms with Crippen LogP contribution in [0.3, 0.4) is 0 Å². The van der Waals surface area contributed by atoms with Crippen LogP contribution in [0, 0.1) is 10.1 Å². The number of nitrogens with zero attached hydrogens (tertiary/aromatic N) is 1. The summed E-state index contributed by atoms with van der Waals surface area (Å²) in [6.07, 6.45) is -0.909. The zero-order valence-electron chi connectivity index (χ0n) is 19.6. The molecule has 0 aliphatic rings. The van der Waals surface area contributed by atoms with E-state index >= 15 is 0 Å². The van der Waals surface area contributed by atoms with Gasteiger partial charge in [-0.3, -0.25) is 10.1 Å². The van der Waals surface area contributed by atoms with Crippen LogP contribution in [0.15, 0.2) is 24.3 Å². The summed E-state index contributed by atoms with van der Waals surface area (Å²) in [6, 6.07) is 5.11. The number of carbonyl (C=O) groups excluding carboxylic acids is 1. The summed E-state index contributed by atoms with van der Waals surface area (Å²) in [5.41, 5.74) is -0.0939. The molecule has 182 valence electrons. The molecule has 0 aliphatic heterocycles. The van der Waals surface area contributed by atoms with E-state index in [4.69, 9.17) is 28.1 Å². The van der Waals surface area contributed by atoms with E-state index in [2.05, 4.69) is 33.9 Å². The number of ether oxygens (including phenoxy) is 5. The third-order valence-corrected chi connectivity index (χ3v) is 9.48. The second-order valence-corrected chi connectivity index (χ2v) is 13.2. The minimum atomic E-state index is -1.72. The van der Waals surface area contributed by atoms with E-state index in [-0.39, 0.29) is 29.7 Å². The third-order valence-electron chi connectivity index (χ3n) is 4.94. The number of hydrogen-bond acceptors (Lipinski definition) is 9. The molecule has 0 aliphatic carbocycles. The molecule has 0 spiro atoms. The molecule has 0 fully saturated rings. The monoisotopic (exact) mass is 473 g/mol. The fourth-order valence-electron chi connectivity index (χ4n) is 2.06. The molecule has 11 heteroatoms. The van der Waals surface area contributed by atoms with E-state index in [0.29, 0.717) is 39.6 Å². The Balaban J connectivity index is 1.93. The molecule has 0 heterocycles. The molecule has 0 saturated heterocycles. The number of benzene rings is 1. The second-order valence-electron chi connectivity index (χ2n) is 8.40. The van der Waals surface area contributed by atoms with Gasteiger partial charge < -0.3 is 28.1 Å². The van der Waals surface area contributed by atoms with Crippen molar-refractivity contribution in [2.75, 3.05) is 52.9 Å². The Labute approximate surface area is 190 Å². The average molecular weight is 474 g/mol. The lowest BCUT2D eigenvalue weighted by Crippen LogP contribution is -2.41. The smallest absolute Gasteiger partial charge is 0.432 e. The Morgan fingerprint density at radius 3 is 1.81 bits per heavy atom. The van der Waals surface area contributed by atoms with Gasteiger partial charge in [0.25, 0.3) is 5.69 Å². The van der Waals surface area contributed by atoms with Gasteiger partial charge in [-0.2, -0.15) is 0 Å².